The van der Waals surface area contributed by atoms with Gasteiger partial charge in [0.05, 0.1) is 30.0 Å². The van der Waals surface area contributed by atoms with E-state index < -0.39 is 6.10 Å². The molecule has 1 atom stereocenters. The molecule has 0 aliphatic heterocycles. The lowest BCUT2D eigenvalue weighted by molar-refractivity contribution is 0.0911. The van der Waals surface area contributed by atoms with Crippen LogP contribution in [0.5, 0.6) is 5.75 Å². The molecule has 6 heteroatoms. The summed E-state index contributed by atoms with van der Waals surface area (Å²) in [6, 6.07) is 9.23. The third kappa shape index (κ3) is 3.92. The van der Waals surface area contributed by atoms with Crippen LogP contribution in [-0.2, 0) is 13.0 Å². The fourth-order valence-electron chi connectivity index (χ4n) is 2.57. The van der Waals surface area contributed by atoms with Crippen molar-refractivity contribution < 1.29 is 9.84 Å². The lowest BCUT2D eigenvalue weighted by Crippen LogP contribution is -2.30. The van der Waals surface area contributed by atoms with Crippen LogP contribution in [-0.4, -0.2) is 32.4 Å². The number of benzene rings is 1. The summed E-state index contributed by atoms with van der Waals surface area (Å²) in [6.07, 6.45) is 6.15. The Hall–Kier alpha value is -2.99. The van der Waals surface area contributed by atoms with E-state index in [-0.39, 0.29) is 18.7 Å². The second kappa shape index (κ2) is 7.72. The van der Waals surface area contributed by atoms with Crippen LogP contribution in [0, 0.1) is 0 Å². The molecule has 0 bridgehead atoms. The minimum Gasteiger partial charge on any atom is -0.491 e. The average Bonchev–Trinajstić information content (AvgIpc) is 2.64. The first kappa shape index (κ1) is 16.9. The number of pyridine rings is 1. The second-order valence-electron chi connectivity index (χ2n) is 5.66. The Morgan fingerprint density at radius 2 is 2.16 bits per heavy atom. The van der Waals surface area contributed by atoms with Crippen LogP contribution in [0.1, 0.15) is 5.56 Å². The zero-order chi connectivity index (χ0) is 17.6. The summed E-state index contributed by atoms with van der Waals surface area (Å²) >= 11 is 0. The molecule has 0 radical (unpaired) electrons. The van der Waals surface area contributed by atoms with Crippen molar-refractivity contribution in [3.8, 4) is 5.75 Å². The zero-order valence-electron chi connectivity index (χ0n) is 13.7. The Kier molecular flexibility index (Phi) is 5.20. The molecule has 0 aliphatic rings. The van der Waals surface area contributed by atoms with Gasteiger partial charge in [0.2, 0.25) is 0 Å². The van der Waals surface area contributed by atoms with E-state index in [1.165, 1.54) is 17.1 Å². The van der Waals surface area contributed by atoms with Gasteiger partial charge in [-0.1, -0.05) is 24.3 Å². The highest BCUT2D eigenvalue weighted by molar-refractivity contribution is 5.75. The predicted octanol–water partition coefficient (Wildman–Crippen LogP) is 1.96. The van der Waals surface area contributed by atoms with Crippen LogP contribution in [0.2, 0.25) is 0 Å². The van der Waals surface area contributed by atoms with E-state index in [9.17, 15) is 9.90 Å². The number of ether oxygens (including phenoxy) is 1. The van der Waals surface area contributed by atoms with Crippen LogP contribution < -0.4 is 10.3 Å². The maximum atomic E-state index is 12.4. The van der Waals surface area contributed by atoms with Crippen molar-refractivity contribution in [1.82, 2.24) is 14.5 Å². The van der Waals surface area contributed by atoms with Gasteiger partial charge < -0.3 is 9.84 Å². The van der Waals surface area contributed by atoms with Crippen molar-refractivity contribution in [2.45, 2.75) is 19.1 Å². The number of nitrogens with zero attached hydrogens (tertiary/aromatic N) is 3. The van der Waals surface area contributed by atoms with Gasteiger partial charge in [-0.3, -0.25) is 14.3 Å². The van der Waals surface area contributed by atoms with Crippen molar-refractivity contribution in [2.75, 3.05) is 6.61 Å². The monoisotopic (exact) mass is 337 g/mol. The highest BCUT2D eigenvalue weighted by Crippen LogP contribution is 2.19. The highest BCUT2D eigenvalue weighted by Gasteiger charge is 2.11. The van der Waals surface area contributed by atoms with Gasteiger partial charge in [0.1, 0.15) is 18.5 Å². The molecule has 2 aromatic heterocycles. The number of aliphatic hydroxyl groups excluding tert-OH is 1. The first-order valence-corrected chi connectivity index (χ1v) is 7.98. The molecule has 0 aliphatic carbocycles. The van der Waals surface area contributed by atoms with Gasteiger partial charge in [0.15, 0.2) is 0 Å². The maximum absolute atomic E-state index is 12.4. The molecule has 3 rings (SSSR count). The van der Waals surface area contributed by atoms with Gasteiger partial charge in [0, 0.05) is 6.20 Å². The Bertz CT molecular complexity index is 936. The van der Waals surface area contributed by atoms with Crippen LogP contribution in [0.25, 0.3) is 10.9 Å². The fourth-order valence-corrected chi connectivity index (χ4v) is 2.57. The van der Waals surface area contributed by atoms with Crippen LogP contribution >= 0.6 is 0 Å². The number of hydrogen-bond acceptors (Lipinski definition) is 5. The van der Waals surface area contributed by atoms with Gasteiger partial charge >= 0.3 is 0 Å². The molecular weight excluding hydrogens is 318 g/mol. The third-order valence-corrected chi connectivity index (χ3v) is 3.80. The molecule has 2 heterocycles. The number of fused-ring (bicyclic) bond motifs is 1. The molecule has 3 aromatic rings. The fraction of sp³-hybridized carbons (Fsp3) is 0.211. The first-order valence-electron chi connectivity index (χ1n) is 7.98. The van der Waals surface area contributed by atoms with Crippen molar-refractivity contribution in [3.63, 3.8) is 0 Å². The SMILES string of the molecule is C=CCc1ccccc1OCC(O)Cn1cnc2cnccc2c1=O. The molecule has 0 saturated heterocycles. The third-order valence-electron chi connectivity index (χ3n) is 3.80. The number of aliphatic hydroxyl groups is 1. The molecule has 0 amide bonds. The largest absolute Gasteiger partial charge is 0.491 e. The molecule has 1 unspecified atom stereocenters. The predicted molar refractivity (Wildman–Crippen MR) is 95.6 cm³/mol. The van der Waals surface area contributed by atoms with E-state index in [2.05, 4.69) is 16.5 Å². The lowest BCUT2D eigenvalue weighted by atomic mass is 10.1. The van der Waals surface area contributed by atoms with Crippen molar-refractivity contribution >= 4 is 10.9 Å². The maximum Gasteiger partial charge on any atom is 0.261 e. The van der Waals surface area contributed by atoms with Gasteiger partial charge in [0.25, 0.3) is 5.56 Å². The van der Waals surface area contributed by atoms with Gasteiger partial charge in [-0.25, -0.2) is 4.98 Å². The molecular formula is C19H19N3O3. The second-order valence-corrected chi connectivity index (χ2v) is 5.66. The van der Waals surface area contributed by atoms with Crippen LogP contribution in [0.3, 0.4) is 0 Å². The van der Waals surface area contributed by atoms with Crippen LogP contribution in [0.15, 0.2) is 66.5 Å². The van der Waals surface area contributed by atoms with E-state index in [0.717, 1.165) is 5.56 Å². The van der Waals surface area contributed by atoms with E-state index >= 15 is 0 Å². The normalized spacial score (nSPS) is 12.0. The summed E-state index contributed by atoms with van der Waals surface area (Å²) in [6.45, 7) is 3.91. The Balaban J connectivity index is 1.69. The minimum absolute atomic E-state index is 0.0784. The van der Waals surface area contributed by atoms with Crippen molar-refractivity contribution in [3.05, 3.63) is 77.6 Å². The number of aromatic nitrogens is 3. The average molecular weight is 337 g/mol. The summed E-state index contributed by atoms with van der Waals surface area (Å²) in [4.78, 5) is 20.5. The molecule has 25 heavy (non-hydrogen) atoms. The van der Waals surface area contributed by atoms with Crippen molar-refractivity contribution in [1.29, 1.82) is 0 Å². The quantitative estimate of drug-likeness (QED) is 0.667. The standard InChI is InChI=1S/C19H19N3O3/c1-2-5-14-6-3-4-7-18(14)25-12-15(23)11-22-13-21-17-10-20-9-8-16(17)19(22)24/h2-4,6-10,13,15,23H,1,5,11-12H2. The van der Waals surface area contributed by atoms with Gasteiger partial charge in [-0.15, -0.1) is 6.58 Å². The molecule has 1 aromatic carbocycles. The van der Waals surface area contributed by atoms with Gasteiger partial charge in [-0.05, 0) is 24.1 Å². The Morgan fingerprint density at radius 3 is 3.00 bits per heavy atom. The van der Waals surface area contributed by atoms with Gasteiger partial charge in [-0.2, -0.15) is 0 Å². The molecule has 0 spiro atoms. The molecule has 128 valence electrons. The Morgan fingerprint density at radius 1 is 1.32 bits per heavy atom. The first-order chi connectivity index (χ1) is 12.2. The molecule has 0 saturated carbocycles. The zero-order valence-corrected chi connectivity index (χ0v) is 13.7. The lowest BCUT2D eigenvalue weighted by Gasteiger charge is -2.15. The smallest absolute Gasteiger partial charge is 0.261 e. The summed E-state index contributed by atoms with van der Waals surface area (Å²) < 4.78 is 7.09. The van der Waals surface area contributed by atoms with Crippen molar-refractivity contribution in [2.24, 2.45) is 0 Å². The number of allylic oxidation sites excluding steroid dienone is 1. The molecule has 6 nitrogen and oxygen atoms in total. The highest BCUT2D eigenvalue weighted by atomic mass is 16.5. The number of rotatable bonds is 7. The topological polar surface area (TPSA) is 77.2 Å². The van der Waals surface area contributed by atoms with E-state index in [1.807, 2.05) is 24.3 Å². The summed E-state index contributed by atoms with van der Waals surface area (Å²) in [5.41, 5.74) is 1.33. The summed E-state index contributed by atoms with van der Waals surface area (Å²) in [7, 11) is 0. The summed E-state index contributed by atoms with van der Waals surface area (Å²) in [5, 5.41) is 10.7. The molecule has 0 fully saturated rings. The number of para-hydroxylation sites is 1. The molecule has 1 N–H and O–H groups in total. The minimum atomic E-state index is -0.837. The van der Waals surface area contributed by atoms with Crippen LogP contribution in [0.4, 0.5) is 0 Å². The van der Waals surface area contributed by atoms with E-state index in [1.54, 1.807) is 18.3 Å². The van der Waals surface area contributed by atoms with E-state index in [0.29, 0.717) is 23.1 Å². The number of hydrogen-bond donors (Lipinski definition) is 1. The van der Waals surface area contributed by atoms with E-state index in [4.69, 9.17) is 4.74 Å². The Labute approximate surface area is 145 Å². The summed E-state index contributed by atoms with van der Waals surface area (Å²) in [5.74, 6) is 0.705.